The van der Waals surface area contributed by atoms with Crippen LogP contribution in [0.4, 0.5) is 0 Å². The van der Waals surface area contributed by atoms with Crippen LogP contribution in [-0.4, -0.2) is 44.1 Å². The van der Waals surface area contributed by atoms with Crippen molar-refractivity contribution in [3.63, 3.8) is 0 Å². The number of carboxylic acids is 1. The normalized spacial score (nSPS) is 18.9. The Morgan fingerprint density at radius 3 is 3.04 bits per heavy atom. The van der Waals surface area contributed by atoms with Gasteiger partial charge in [0.1, 0.15) is 4.88 Å². The number of fused-ring (bicyclic) bond motifs is 1. The first-order valence-electron chi connectivity index (χ1n) is 8.04. The first-order valence-corrected chi connectivity index (χ1v) is 8.86. The highest BCUT2D eigenvalue weighted by molar-refractivity contribution is 7.21. The SMILES string of the molecule is O=C(O)c1sc2ccccc2c1CN1CCCC(n2ccnn2)C1. The van der Waals surface area contributed by atoms with Gasteiger partial charge in [0.2, 0.25) is 0 Å². The Balaban J connectivity index is 1.61. The summed E-state index contributed by atoms with van der Waals surface area (Å²) in [5.74, 6) is -0.837. The summed E-state index contributed by atoms with van der Waals surface area (Å²) in [5, 5.41) is 18.6. The van der Waals surface area contributed by atoms with E-state index in [4.69, 9.17) is 0 Å². The van der Waals surface area contributed by atoms with Crippen LogP contribution in [0.15, 0.2) is 36.7 Å². The number of aromatic nitrogens is 3. The third kappa shape index (κ3) is 2.81. The molecule has 1 N–H and O–H groups in total. The fraction of sp³-hybridized carbons (Fsp3) is 0.353. The maximum atomic E-state index is 11.7. The van der Waals surface area contributed by atoms with E-state index in [-0.39, 0.29) is 0 Å². The molecule has 1 atom stereocenters. The average molecular weight is 342 g/mol. The maximum absolute atomic E-state index is 11.7. The molecule has 0 amide bonds. The first kappa shape index (κ1) is 15.3. The van der Waals surface area contributed by atoms with Crippen LogP contribution in [0, 0.1) is 0 Å². The lowest BCUT2D eigenvalue weighted by Crippen LogP contribution is -2.36. The van der Waals surface area contributed by atoms with E-state index in [2.05, 4.69) is 15.2 Å². The molecule has 3 aromatic rings. The molecule has 124 valence electrons. The van der Waals surface area contributed by atoms with E-state index in [1.807, 2.05) is 35.1 Å². The minimum absolute atomic E-state index is 0.305. The molecule has 0 saturated carbocycles. The minimum Gasteiger partial charge on any atom is -0.477 e. The van der Waals surface area contributed by atoms with Crippen molar-refractivity contribution in [3.05, 3.63) is 47.1 Å². The number of nitrogens with zero attached hydrogens (tertiary/aromatic N) is 4. The third-order valence-electron chi connectivity index (χ3n) is 4.57. The van der Waals surface area contributed by atoms with Gasteiger partial charge < -0.3 is 5.11 Å². The molecule has 6 nitrogen and oxygen atoms in total. The molecular weight excluding hydrogens is 324 g/mol. The Morgan fingerprint density at radius 2 is 2.25 bits per heavy atom. The molecule has 4 rings (SSSR count). The third-order valence-corrected chi connectivity index (χ3v) is 5.77. The Hall–Kier alpha value is -2.25. The van der Waals surface area contributed by atoms with E-state index < -0.39 is 5.97 Å². The number of hydrogen-bond donors (Lipinski definition) is 1. The molecular formula is C17H18N4O2S. The number of carboxylic acid groups (broad SMARTS) is 1. The maximum Gasteiger partial charge on any atom is 0.346 e. The van der Waals surface area contributed by atoms with Gasteiger partial charge in [-0.2, -0.15) is 0 Å². The molecule has 7 heteroatoms. The molecule has 24 heavy (non-hydrogen) atoms. The van der Waals surface area contributed by atoms with Crippen LogP contribution in [-0.2, 0) is 6.54 Å². The van der Waals surface area contributed by atoms with Gasteiger partial charge in [0.15, 0.2) is 0 Å². The molecule has 0 bridgehead atoms. The standard InChI is InChI=1S/C17H18N4O2S/c22-17(23)16-14(13-5-1-2-6-15(13)24-16)11-20-8-3-4-12(10-20)21-9-7-18-19-21/h1-2,5-7,9,12H,3-4,8,10-11H2,(H,22,23). The highest BCUT2D eigenvalue weighted by Crippen LogP contribution is 2.33. The van der Waals surface area contributed by atoms with Crippen molar-refractivity contribution >= 4 is 27.4 Å². The van der Waals surface area contributed by atoms with E-state index in [1.54, 1.807) is 6.20 Å². The highest BCUT2D eigenvalue weighted by Gasteiger charge is 2.25. The van der Waals surface area contributed by atoms with Gasteiger partial charge in [-0.05, 0) is 36.4 Å². The van der Waals surface area contributed by atoms with Gasteiger partial charge in [-0.3, -0.25) is 4.90 Å². The van der Waals surface area contributed by atoms with Crippen molar-refractivity contribution in [1.82, 2.24) is 19.9 Å². The summed E-state index contributed by atoms with van der Waals surface area (Å²) in [4.78, 5) is 14.4. The van der Waals surface area contributed by atoms with E-state index in [0.717, 1.165) is 41.6 Å². The van der Waals surface area contributed by atoms with E-state index in [9.17, 15) is 9.90 Å². The number of likely N-dealkylation sites (tertiary alicyclic amines) is 1. The fourth-order valence-electron chi connectivity index (χ4n) is 3.45. The largest absolute Gasteiger partial charge is 0.477 e. The molecule has 1 aliphatic heterocycles. The number of benzene rings is 1. The van der Waals surface area contributed by atoms with Crippen LogP contribution in [0.3, 0.4) is 0 Å². The van der Waals surface area contributed by atoms with Crippen LogP contribution in [0.25, 0.3) is 10.1 Å². The molecule has 0 radical (unpaired) electrons. The minimum atomic E-state index is -0.837. The number of carbonyl (C=O) groups is 1. The Labute approximate surface area is 143 Å². The molecule has 1 aromatic carbocycles. The second kappa shape index (κ2) is 6.33. The Kier molecular flexibility index (Phi) is 4.03. The number of piperidine rings is 1. The van der Waals surface area contributed by atoms with Crippen molar-refractivity contribution in [3.8, 4) is 0 Å². The number of aromatic carboxylic acids is 1. The van der Waals surface area contributed by atoms with Crippen LogP contribution < -0.4 is 0 Å². The lowest BCUT2D eigenvalue weighted by atomic mass is 10.0. The monoisotopic (exact) mass is 342 g/mol. The topological polar surface area (TPSA) is 71.2 Å². The fourth-order valence-corrected chi connectivity index (χ4v) is 4.51. The van der Waals surface area contributed by atoms with Gasteiger partial charge in [0.05, 0.1) is 12.2 Å². The van der Waals surface area contributed by atoms with Crippen molar-refractivity contribution in [2.75, 3.05) is 13.1 Å². The summed E-state index contributed by atoms with van der Waals surface area (Å²) in [7, 11) is 0. The summed E-state index contributed by atoms with van der Waals surface area (Å²) in [6.07, 6.45) is 5.76. The summed E-state index contributed by atoms with van der Waals surface area (Å²) >= 11 is 1.37. The molecule has 1 unspecified atom stereocenters. The van der Waals surface area contributed by atoms with Crippen LogP contribution in [0.1, 0.15) is 34.1 Å². The zero-order valence-corrected chi connectivity index (χ0v) is 13.9. The first-order chi connectivity index (χ1) is 11.7. The van der Waals surface area contributed by atoms with Gasteiger partial charge in [-0.1, -0.05) is 23.4 Å². The summed E-state index contributed by atoms with van der Waals surface area (Å²) in [6.45, 7) is 2.51. The zero-order chi connectivity index (χ0) is 16.5. The van der Waals surface area contributed by atoms with Crippen molar-refractivity contribution in [2.45, 2.75) is 25.4 Å². The summed E-state index contributed by atoms with van der Waals surface area (Å²) < 4.78 is 2.95. The Bertz CT molecular complexity index is 859. The van der Waals surface area contributed by atoms with Crippen LogP contribution in [0.5, 0.6) is 0 Å². The van der Waals surface area contributed by atoms with Crippen molar-refractivity contribution < 1.29 is 9.90 Å². The van der Waals surface area contributed by atoms with Gasteiger partial charge in [-0.15, -0.1) is 16.4 Å². The summed E-state index contributed by atoms with van der Waals surface area (Å²) in [5.41, 5.74) is 0.933. The number of rotatable bonds is 4. The lowest BCUT2D eigenvalue weighted by molar-refractivity contribution is 0.0699. The quantitative estimate of drug-likeness (QED) is 0.789. The molecule has 1 fully saturated rings. The van der Waals surface area contributed by atoms with Crippen molar-refractivity contribution in [2.24, 2.45) is 0 Å². The molecule has 1 saturated heterocycles. The molecule has 0 spiro atoms. The van der Waals surface area contributed by atoms with Gasteiger partial charge >= 0.3 is 5.97 Å². The van der Waals surface area contributed by atoms with Crippen LogP contribution in [0.2, 0.25) is 0 Å². The number of hydrogen-bond acceptors (Lipinski definition) is 5. The molecule has 0 aliphatic carbocycles. The second-order valence-corrected chi connectivity index (χ2v) is 7.18. The van der Waals surface area contributed by atoms with E-state index in [0.29, 0.717) is 17.5 Å². The average Bonchev–Trinajstić information content (AvgIpc) is 3.24. The predicted octanol–water partition coefficient (Wildman–Crippen LogP) is 3.03. The Morgan fingerprint density at radius 1 is 1.38 bits per heavy atom. The predicted molar refractivity (Wildman–Crippen MR) is 92.4 cm³/mol. The van der Waals surface area contributed by atoms with Gasteiger partial charge in [-0.25, -0.2) is 9.48 Å². The highest BCUT2D eigenvalue weighted by atomic mass is 32.1. The molecule has 2 aromatic heterocycles. The van der Waals surface area contributed by atoms with Crippen LogP contribution >= 0.6 is 11.3 Å². The van der Waals surface area contributed by atoms with Gasteiger partial charge in [0.25, 0.3) is 0 Å². The number of thiophene rings is 1. The molecule has 1 aliphatic rings. The second-order valence-electron chi connectivity index (χ2n) is 6.13. The smallest absolute Gasteiger partial charge is 0.346 e. The van der Waals surface area contributed by atoms with Crippen molar-refractivity contribution in [1.29, 1.82) is 0 Å². The van der Waals surface area contributed by atoms with E-state index >= 15 is 0 Å². The zero-order valence-electron chi connectivity index (χ0n) is 13.1. The summed E-state index contributed by atoms with van der Waals surface area (Å²) in [6, 6.07) is 8.24. The van der Waals surface area contributed by atoms with Gasteiger partial charge in [0, 0.05) is 24.0 Å². The lowest BCUT2D eigenvalue weighted by Gasteiger charge is -2.32. The van der Waals surface area contributed by atoms with E-state index in [1.165, 1.54) is 11.3 Å². The molecule has 3 heterocycles.